The number of nitrogens with one attached hydrogen (secondary N) is 1. The van der Waals surface area contributed by atoms with Gasteiger partial charge in [0, 0.05) is 6.04 Å². The van der Waals surface area contributed by atoms with Crippen LogP contribution in [0.3, 0.4) is 0 Å². The minimum Gasteiger partial charge on any atom is -0.497 e. The Kier molecular flexibility index (Phi) is 5.52. The molecule has 0 aliphatic carbocycles. The Hall–Kier alpha value is -1.91. The second-order valence-corrected chi connectivity index (χ2v) is 5.01. The Morgan fingerprint density at radius 2 is 1.82 bits per heavy atom. The number of benzene rings is 2. The molecule has 0 radical (unpaired) electrons. The summed E-state index contributed by atoms with van der Waals surface area (Å²) in [5.74, 6) is 2.53. The first-order valence-corrected chi connectivity index (χ1v) is 7.00. The fourth-order valence-corrected chi connectivity index (χ4v) is 2.53. The van der Waals surface area contributed by atoms with Gasteiger partial charge in [-0.15, -0.1) is 12.4 Å². The summed E-state index contributed by atoms with van der Waals surface area (Å²) in [7, 11) is 3.65. The maximum atomic E-state index is 5.43. The highest BCUT2D eigenvalue weighted by atomic mass is 35.5. The van der Waals surface area contributed by atoms with Gasteiger partial charge in [-0.3, -0.25) is 0 Å². The highest BCUT2D eigenvalue weighted by Gasteiger charge is 2.16. The molecule has 0 fully saturated rings. The van der Waals surface area contributed by atoms with Crippen LogP contribution in [0.1, 0.15) is 17.2 Å². The van der Waals surface area contributed by atoms with Gasteiger partial charge in [0.15, 0.2) is 11.5 Å². The lowest BCUT2D eigenvalue weighted by molar-refractivity contribution is 0.174. The summed E-state index contributed by atoms with van der Waals surface area (Å²) in [4.78, 5) is 0. The lowest BCUT2D eigenvalue weighted by Crippen LogP contribution is -2.18. The SMILES string of the molecule is CNC(Cc1ccc2c(c1)OCO2)c1ccc(OC)cc1.Cl. The number of methoxy groups -OCH3 is 1. The molecule has 118 valence electrons. The zero-order chi connectivity index (χ0) is 14.7. The van der Waals surface area contributed by atoms with Crippen molar-refractivity contribution in [3.8, 4) is 17.2 Å². The van der Waals surface area contributed by atoms with Gasteiger partial charge in [0.05, 0.1) is 7.11 Å². The van der Waals surface area contributed by atoms with Crippen molar-refractivity contribution in [1.82, 2.24) is 5.32 Å². The first-order chi connectivity index (χ1) is 10.3. The predicted octanol–water partition coefficient (Wildman–Crippen LogP) is 3.35. The van der Waals surface area contributed by atoms with Gasteiger partial charge < -0.3 is 19.5 Å². The van der Waals surface area contributed by atoms with Gasteiger partial charge in [-0.05, 0) is 48.9 Å². The van der Waals surface area contributed by atoms with Crippen molar-refractivity contribution in [2.75, 3.05) is 21.0 Å². The van der Waals surface area contributed by atoms with Crippen LogP contribution in [0.15, 0.2) is 42.5 Å². The molecule has 22 heavy (non-hydrogen) atoms. The number of likely N-dealkylation sites (N-methyl/N-ethyl adjacent to an activating group) is 1. The molecule has 1 aliphatic rings. The van der Waals surface area contributed by atoms with E-state index in [0.29, 0.717) is 6.79 Å². The summed E-state index contributed by atoms with van der Waals surface area (Å²) in [6, 6.07) is 14.5. The number of ether oxygens (including phenoxy) is 3. The van der Waals surface area contributed by atoms with Gasteiger partial charge in [0.1, 0.15) is 5.75 Å². The molecule has 0 aromatic heterocycles. The van der Waals surface area contributed by atoms with Crippen molar-refractivity contribution in [3.05, 3.63) is 53.6 Å². The lowest BCUT2D eigenvalue weighted by atomic mass is 9.98. The van der Waals surface area contributed by atoms with E-state index in [4.69, 9.17) is 14.2 Å². The first-order valence-electron chi connectivity index (χ1n) is 7.00. The fourth-order valence-electron chi connectivity index (χ4n) is 2.53. The fraction of sp³-hybridized carbons (Fsp3) is 0.294. The van der Waals surface area contributed by atoms with Crippen molar-refractivity contribution < 1.29 is 14.2 Å². The monoisotopic (exact) mass is 321 g/mol. The van der Waals surface area contributed by atoms with E-state index in [9.17, 15) is 0 Å². The van der Waals surface area contributed by atoms with Crippen molar-refractivity contribution in [3.63, 3.8) is 0 Å². The molecule has 5 heteroatoms. The predicted molar refractivity (Wildman–Crippen MR) is 88.3 cm³/mol. The molecule has 1 aliphatic heterocycles. The van der Waals surface area contributed by atoms with E-state index < -0.39 is 0 Å². The Bertz CT molecular complexity index is 616. The molecule has 3 rings (SSSR count). The molecule has 1 unspecified atom stereocenters. The second-order valence-electron chi connectivity index (χ2n) is 5.01. The van der Waals surface area contributed by atoms with Gasteiger partial charge in [-0.1, -0.05) is 18.2 Å². The average molecular weight is 322 g/mol. The van der Waals surface area contributed by atoms with Gasteiger partial charge >= 0.3 is 0 Å². The number of fused-ring (bicyclic) bond motifs is 1. The van der Waals surface area contributed by atoms with Gasteiger partial charge in [0.25, 0.3) is 0 Å². The molecule has 2 aromatic rings. The van der Waals surface area contributed by atoms with Crippen LogP contribution in [0, 0.1) is 0 Å². The van der Waals surface area contributed by atoms with Gasteiger partial charge in [-0.25, -0.2) is 0 Å². The zero-order valence-corrected chi connectivity index (χ0v) is 13.5. The maximum Gasteiger partial charge on any atom is 0.231 e. The lowest BCUT2D eigenvalue weighted by Gasteiger charge is -2.17. The molecule has 1 heterocycles. The number of halogens is 1. The van der Waals surface area contributed by atoms with Crippen LogP contribution in [0.4, 0.5) is 0 Å². The van der Waals surface area contributed by atoms with Crippen molar-refractivity contribution in [2.24, 2.45) is 0 Å². The molecule has 0 saturated heterocycles. The maximum absolute atomic E-state index is 5.43. The molecule has 4 nitrogen and oxygen atoms in total. The molecule has 0 bridgehead atoms. The Morgan fingerprint density at radius 1 is 1.09 bits per heavy atom. The molecule has 2 aromatic carbocycles. The van der Waals surface area contributed by atoms with E-state index in [-0.39, 0.29) is 18.4 Å². The molecular formula is C17H20ClNO3. The Labute approximate surface area is 136 Å². The summed E-state index contributed by atoms with van der Waals surface area (Å²) in [5.41, 5.74) is 2.45. The van der Waals surface area contributed by atoms with Crippen molar-refractivity contribution in [1.29, 1.82) is 0 Å². The molecule has 1 atom stereocenters. The Morgan fingerprint density at radius 3 is 2.50 bits per heavy atom. The molecule has 0 saturated carbocycles. The molecule has 0 spiro atoms. The van der Waals surface area contributed by atoms with Crippen LogP contribution in [0.2, 0.25) is 0 Å². The van der Waals surface area contributed by atoms with Crippen LogP contribution in [-0.4, -0.2) is 21.0 Å². The van der Waals surface area contributed by atoms with Crippen molar-refractivity contribution in [2.45, 2.75) is 12.5 Å². The summed E-state index contributed by atoms with van der Waals surface area (Å²) in [6.45, 7) is 0.312. The minimum absolute atomic E-state index is 0. The molecule has 1 N–H and O–H groups in total. The third-order valence-electron chi connectivity index (χ3n) is 3.74. The molecule has 0 amide bonds. The van der Waals surface area contributed by atoms with Crippen LogP contribution in [-0.2, 0) is 6.42 Å². The number of rotatable bonds is 5. The van der Waals surface area contributed by atoms with Gasteiger partial charge in [0.2, 0.25) is 6.79 Å². The smallest absolute Gasteiger partial charge is 0.231 e. The average Bonchev–Trinajstić information content (AvgIpc) is 3.00. The van der Waals surface area contributed by atoms with E-state index >= 15 is 0 Å². The standard InChI is InChI=1S/C17H19NO3.ClH/c1-18-15(13-4-6-14(19-2)7-5-13)9-12-3-8-16-17(10-12)21-11-20-16;/h3-8,10,15,18H,9,11H2,1-2H3;1H. The highest BCUT2D eigenvalue weighted by Crippen LogP contribution is 2.33. The largest absolute Gasteiger partial charge is 0.497 e. The van der Waals surface area contributed by atoms with Crippen LogP contribution in [0.5, 0.6) is 17.2 Å². The normalized spacial score (nSPS) is 13.4. The third kappa shape index (κ3) is 3.46. The number of hydrogen-bond acceptors (Lipinski definition) is 4. The summed E-state index contributed by atoms with van der Waals surface area (Å²) in [6.07, 6.45) is 0.888. The topological polar surface area (TPSA) is 39.7 Å². The van der Waals surface area contributed by atoms with Crippen molar-refractivity contribution >= 4 is 12.4 Å². The second kappa shape index (κ2) is 7.38. The van der Waals surface area contributed by atoms with E-state index in [2.05, 4.69) is 29.6 Å². The first kappa shape index (κ1) is 16.5. The van der Waals surface area contributed by atoms with E-state index in [1.165, 1.54) is 11.1 Å². The van der Waals surface area contributed by atoms with E-state index in [1.54, 1.807) is 7.11 Å². The van der Waals surface area contributed by atoms with E-state index in [0.717, 1.165) is 23.7 Å². The van der Waals surface area contributed by atoms with Crippen LogP contribution < -0.4 is 19.5 Å². The van der Waals surface area contributed by atoms with E-state index in [1.807, 2.05) is 25.2 Å². The summed E-state index contributed by atoms with van der Waals surface area (Å²) < 4.78 is 16.0. The molecular weight excluding hydrogens is 302 g/mol. The van der Waals surface area contributed by atoms with Gasteiger partial charge in [-0.2, -0.15) is 0 Å². The summed E-state index contributed by atoms with van der Waals surface area (Å²) >= 11 is 0. The Balaban J connectivity index is 0.00000176. The third-order valence-corrected chi connectivity index (χ3v) is 3.74. The summed E-state index contributed by atoms with van der Waals surface area (Å²) in [5, 5.41) is 3.36. The van der Waals surface area contributed by atoms with Crippen LogP contribution >= 0.6 is 12.4 Å². The quantitative estimate of drug-likeness (QED) is 0.916. The van der Waals surface area contributed by atoms with Crippen LogP contribution in [0.25, 0.3) is 0 Å². The zero-order valence-electron chi connectivity index (χ0n) is 12.7. The number of hydrogen-bond donors (Lipinski definition) is 1. The highest BCUT2D eigenvalue weighted by molar-refractivity contribution is 5.85. The minimum atomic E-state index is 0.